The first-order valence-electron chi connectivity index (χ1n) is 4.98. The monoisotopic (exact) mass is 243 g/mol. The van der Waals surface area contributed by atoms with E-state index < -0.39 is 18.1 Å². The molecule has 0 saturated heterocycles. The molecule has 1 amide bonds. The molecule has 0 aliphatic carbocycles. The Bertz CT molecular complexity index is 386. The summed E-state index contributed by atoms with van der Waals surface area (Å²) >= 11 is 0. The maximum atomic E-state index is 12.5. The second-order valence-electron chi connectivity index (χ2n) is 3.46. The third-order valence-corrected chi connectivity index (χ3v) is 2.14. The van der Waals surface area contributed by atoms with E-state index in [0.29, 0.717) is 0 Å². The minimum Gasteiger partial charge on any atom is -0.340 e. The number of benzene rings is 1. The molecule has 1 N–H and O–H groups in total. The summed E-state index contributed by atoms with van der Waals surface area (Å²) in [5, 5.41) is 1.94. The molecular weight excluding hydrogens is 231 g/mol. The van der Waals surface area contributed by atoms with Gasteiger partial charge < -0.3 is 5.32 Å². The third kappa shape index (κ3) is 3.94. The number of alkyl halides is 3. The Balaban J connectivity index is 2.75. The predicted octanol–water partition coefficient (Wildman–Crippen LogP) is 2.92. The predicted molar refractivity (Wildman–Crippen MR) is 58.6 cm³/mol. The molecule has 0 fully saturated rings. The molecule has 1 aromatic rings. The van der Waals surface area contributed by atoms with Crippen molar-refractivity contribution in [2.24, 2.45) is 0 Å². The molecule has 0 aromatic heterocycles. The Hall–Kier alpha value is -1.78. The van der Waals surface area contributed by atoms with Crippen molar-refractivity contribution in [2.75, 3.05) is 0 Å². The van der Waals surface area contributed by atoms with Gasteiger partial charge in [0.2, 0.25) is 0 Å². The van der Waals surface area contributed by atoms with E-state index in [0.717, 1.165) is 6.08 Å². The lowest BCUT2D eigenvalue weighted by atomic mass is 10.1. The summed E-state index contributed by atoms with van der Waals surface area (Å²) in [5.74, 6) is -0.741. The van der Waals surface area contributed by atoms with Crippen molar-refractivity contribution in [2.45, 2.75) is 18.6 Å². The molecule has 0 unspecified atom stereocenters. The number of carbonyl (C=O) groups is 1. The highest BCUT2D eigenvalue weighted by atomic mass is 19.4. The first-order chi connectivity index (χ1) is 7.95. The fourth-order valence-electron chi connectivity index (χ4n) is 1.27. The van der Waals surface area contributed by atoms with Gasteiger partial charge in [-0.15, -0.1) is 6.58 Å². The molecule has 1 aromatic carbocycles. The van der Waals surface area contributed by atoms with Gasteiger partial charge in [-0.1, -0.05) is 24.3 Å². The minimum atomic E-state index is -4.47. The summed E-state index contributed by atoms with van der Waals surface area (Å²) in [4.78, 5) is 11.5. The Kier molecular flexibility index (Phi) is 4.31. The van der Waals surface area contributed by atoms with Crippen LogP contribution in [0.15, 0.2) is 43.0 Å². The fourth-order valence-corrected chi connectivity index (χ4v) is 1.27. The molecule has 1 rings (SSSR count). The van der Waals surface area contributed by atoms with Gasteiger partial charge >= 0.3 is 6.18 Å². The van der Waals surface area contributed by atoms with Gasteiger partial charge in [0.05, 0.1) is 0 Å². The molecule has 0 radical (unpaired) electrons. The van der Waals surface area contributed by atoms with Crippen LogP contribution in [0.5, 0.6) is 0 Å². The Morgan fingerprint density at radius 3 is 2.41 bits per heavy atom. The Labute approximate surface area is 97.1 Å². The lowest BCUT2D eigenvalue weighted by Gasteiger charge is -2.20. The van der Waals surface area contributed by atoms with E-state index in [2.05, 4.69) is 6.58 Å². The number of nitrogens with one attached hydrogen (secondary N) is 1. The van der Waals surface area contributed by atoms with Crippen molar-refractivity contribution in [3.05, 3.63) is 48.6 Å². The van der Waals surface area contributed by atoms with E-state index in [4.69, 9.17) is 0 Å². The molecule has 2 nitrogen and oxygen atoms in total. The van der Waals surface area contributed by atoms with Crippen LogP contribution in [-0.4, -0.2) is 18.1 Å². The summed E-state index contributed by atoms with van der Waals surface area (Å²) in [7, 11) is 0. The molecule has 0 bridgehead atoms. The van der Waals surface area contributed by atoms with E-state index >= 15 is 0 Å². The molecular formula is C12H12F3NO. The van der Waals surface area contributed by atoms with Crippen molar-refractivity contribution in [3.63, 3.8) is 0 Å². The Morgan fingerprint density at radius 2 is 1.94 bits per heavy atom. The summed E-state index contributed by atoms with van der Waals surface area (Å²) < 4.78 is 37.6. The van der Waals surface area contributed by atoms with Crippen LogP contribution in [0.2, 0.25) is 0 Å². The zero-order valence-corrected chi connectivity index (χ0v) is 9.00. The van der Waals surface area contributed by atoms with Gasteiger partial charge in [0.15, 0.2) is 0 Å². The summed E-state index contributed by atoms with van der Waals surface area (Å²) in [5.41, 5.74) is 0.200. The van der Waals surface area contributed by atoms with Crippen LogP contribution in [0.4, 0.5) is 13.2 Å². The standard InChI is InChI=1S/C12H12F3NO/c1-2-6-10(12(13,14)15)16-11(17)9-7-4-3-5-8-9/h2-5,7-8,10H,1,6H2,(H,16,17)/t10-/m0/s1. The average molecular weight is 243 g/mol. The minimum absolute atomic E-state index is 0.200. The second-order valence-corrected chi connectivity index (χ2v) is 3.46. The molecule has 5 heteroatoms. The molecule has 0 aliphatic rings. The van der Waals surface area contributed by atoms with Crippen LogP contribution < -0.4 is 5.32 Å². The maximum absolute atomic E-state index is 12.5. The van der Waals surface area contributed by atoms with Crippen LogP contribution in [0.1, 0.15) is 16.8 Å². The topological polar surface area (TPSA) is 29.1 Å². The normalized spacial score (nSPS) is 12.9. The number of hydrogen-bond acceptors (Lipinski definition) is 1. The fraction of sp³-hybridized carbons (Fsp3) is 0.250. The Morgan fingerprint density at radius 1 is 1.35 bits per heavy atom. The van der Waals surface area contributed by atoms with Gasteiger partial charge in [0, 0.05) is 5.56 Å². The highest BCUT2D eigenvalue weighted by Gasteiger charge is 2.39. The number of hydrogen-bond donors (Lipinski definition) is 1. The first-order valence-corrected chi connectivity index (χ1v) is 4.98. The number of halogens is 3. The summed E-state index contributed by atoms with van der Waals surface area (Å²) in [6.45, 7) is 3.24. The van der Waals surface area contributed by atoms with Gasteiger partial charge in [-0.3, -0.25) is 4.79 Å². The lowest BCUT2D eigenvalue weighted by molar-refractivity contribution is -0.152. The van der Waals surface area contributed by atoms with Crippen LogP contribution in [0.25, 0.3) is 0 Å². The largest absolute Gasteiger partial charge is 0.408 e. The van der Waals surface area contributed by atoms with Crippen LogP contribution in [-0.2, 0) is 0 Å². The van der Waals surface area contributed by atoms with Crippen LogP contribution in [0.3, 0.4) is 0 Å². The van der Waals surface area contributed by atoms with E-state index in [-0.39, 0.29) is 12.0 Å². The van der Waals surface area contributed by atoms with Gasteiger partial charge in [-0.25, -0.2) is 0 Å². The molecule has 17 heavy (non-hydrogen) atoms. The van der Waals surface area contributed by atoms with E-state index in [1.165, 1.54) is 12.1 Å². The van der Waals surface area contributed by atoms with Crippen molar-refractivity contribution in [1.82, 2.24) is 5.32 Å². The lowest BCUT2D eigenvalue weighted by Crippen LogP contribution is -2.45. The molecule has 1 atom stereocenters. The SMILES string of the molecule is C=CC[C@H](NC(=O)c1ccccc1)C(F)(F)F. The molecule has 0 aliphatic heterocycles. The molecule has 0 heterocycles. The maximum Gasteiger partial charge on any atom is 0.408 e. The van der Waals surface area contributed by atoms with E-state index in [9.17, 15) is 18.0 Å². The van der Waals surface area contributed by atoms with Crippen molar-refractivity contribution in [3.8, 4) is 0 Å². The average Bonchev–Trinajstić information content (AvgIpc) is 2.28. The number of amides is 1. The van der Waals surface area contributed by atoms with Crippen LogP contribution >= 0.6 is 0 Å². The van der Waals surface area contributed by atoms with E-state index in [1.807, 2.05) is 5.32 Å². The van der Waals surface area contributed by atoms with Crippen molar-refractivity contribution < 1.29 is 18.0 Å². The highest BCUT2D eigenvalue weighted by Crippen LogP contribution is 2.23. The molecule has 0 spiro atoms. The smallest absolute Gasteiger partial charge is 0.340 e. The van der Waals surface area contributed by atoms with Crippen molar-refractivity contribution in [1.29, 1.82) is 0 Å². The number of rotatable bonds is 4. The molecule has 0 saturated carbocycles. The van der Waals surface area contributed by atoms with Gasteiger partial charge in [-0.2, -0.15) is 13.2 Å². The quantitative estimate of drug-likeness (QED) is 0.809. The van der Waals surface area contributed by atoms with Gasteiger partial charge in [0.1, 0.15) is 6.04 Å². The zero-order chi connectivity index (χ0) is 12.9. The second kappa shape index (κ2) is 5.52. The first kappa shape index (κ1) is 13.3. The van der Waals surface area contributed by atoms with Crippen molar-refractivity contribution >= 4 is 5.91 Å². The van der Waals surface area contributed by atoms with Gasteiger partial charge in [-0.05, 0) is 18.6 Å². The third-order valence-electron chi connectivity index (χ3n) is 2.14. The van der Waals surface area contributed by atoms with Gasteiger partial charge in [0.25, 0.3) is 5.91 Å². The zero-order valence-electron chi connectivity index (χ0n) is 9.00. The number of carbonyl (C=O) groups excluding carboxylic acids is 1. The summed E-state index contributed by atoms with van der Waals surface area (Å²) in [6, 6.07) is 5.87. The van der Waals surface area contributed by atoms with E-state index in [1.54, 1.807) is 18.2 Å². The highest BCUT2D eigenvalue weighted by molar-refractivity contribution is 5.94. The van der Waals surface area contributed by atoms with Crippen LogP contribution in [0, 0.1) is 0 Å². The molecule has 92 valence electrons. The summed E-state index contributed by atoms with van der Waals surface area (Å²) in [6.07, 6.45) is -3.69.